The van der Waals surface area contributed by atoms with Crippen molar-refractivity contribution in [1.29, 1.82) is 0 Å². The van der Waals surface area contributed by atoms with Crippen LogP contribution in [-0.4, -0.2) is 39.6 Å². The van der Waals surface area contributed by atoms with Crippen molar-refractivity contribution in [3.8, 4) is 0 Å². The molecule has 0 rings (SSSR count). The van der Waals surface area contributed by atoms with E-state index in [9.17, 15) is 10.2 Å². The molecule has 0 aliphatic rings. The molecule has 0 aromatic rings. The molecule has 0 radical (unpaired) electrons. The summed E-state index contributed by atoms with van der Waals surface area (Å²) in [5.74, 6) is -1.61. The molecule has 4 heteroatoms. The first-order valence-electron chi connectivity index (χ1n) is 3.78. The second-order valence-corrected chi connectivity index (χ2v) is 2.30. The first-order valence-corrected chi connectivity index (χ1v) is 3.78. The van der Waals surface area contributed by atoms with Gasteiger partial charge in [-0.05, 0) is 0 Å². The molecule has 0 aliphatic heterocycles. The normalized spacial score (nSPS) is 11.5. The second kappa shape index (κ2) is 5.49. The van der Waals surface area contributed by atoms with Crippen molar-refractivity contribution in [2.24, 2.45) is 0 Å². The van der Waals surface area contributed by atoms with Crippen molar-refractivity contribution in [2.75, 3.05) is 13.1 Å². The summed E-state index contributed by atoms with van der Waals surface area (Å²) in [7, 11) is 0. The Morgan fingerprint density at radius 3 is 1.55 bits per heavy atom. The van der Waals surface area contributed by atoms with Crippen molar-refractivity contribution < 1.29 is 15.7 Å². The van der Waals surface area contributed by atoms with Gasteiger partial charge in [-0.15, -0.1) is 0 Å². The second-order valence-electron chi connectivity index (χ2n) is 2.30. The highest BCUT2D eigenvalue weighted by Crippen LogP contribution is 2.10. The maximum atomic E-state index is 9.26. The predicted molar refractivity (Wildman–Crippen MR) is 44.0 cm³/mol. The molecule has 0 heterocycles. The van der Waals surface area contributed by atoms with Gasteiger partial charge in [-0.25, -0.2) is 0 Å². The standard InChI is InChI=1S/C7H17NO2.H2O/c1-4-7(9,10)8(5-2)6-3;/h9-10H,4-6H2,1-3H3;1H2. The first-order chi connectivity index (χ1) is 4.58. The number of rotatable bonds is 4. The number of nitrogens with zero attached hydrogens (tertiary/aromatic N) is 1. The average molecular weight is 165 g/mol. The third-order valence-electron chi connectivity index (χ3n) is 1.74. The molecule has 4 nitrogen and oxygen atoms in total. The predicted octanol–water partition coefficient (Wildman–Crippen LogP) is -0.448. The van der Waals surface area contributed by atoms with Crippen LogP contribution in [0.1, 0.15) is 27.2 Å². The van der Waals surface area contributed by atoms with Crippen LogP contribution in [0.5, 0.6) is 0 Å². The Bertz CT molecular complexity index is 91.7. The van der Waals surface area contributed by atoms with Gasteiger partial charge < -0.3 is 15.7 Å². The summed E-state index contributed by atoms with van der Waals surface area (Å²) in [6.07, 6.45) is 0.342. The van der Waals surface area contributed by atoms with Gasteiger partial charge in [-0.2, -0.15) is 0 Å². The highest BCUT2D eigenvalue weighted by atomic mass is 16.5. The van der Waals surface area contributed by atoms with E-state index in [0.717, 1.165) is 0 Å². The fourth-order valence-electron chi connectivity index (χ4n) is 0.954. The lowest BCUT2D eigenvalue weighted by Crippen LogP contribution is -2.47. The zero-order valence-electron chi connectivity index (χ0n) is 7.46. The molecular weight excluding hydrogens is 146 g/mol. The molecule has 0 fully saturated rings. The van der Waals surface area contributed by atoms with Crippen LogP contribution in [0.25, 0.3) is 0 Å². The fraction of sp³-hybridized carbons (Fsp3) is 1.00. The number of hydrogen-bond donors (Lipinski definition) is 2. The minimum Gasteiger partial charge on any atom is -0.412 e. The van der Waals surface area contributed by atoms with Gasteiger partial charge in [-0.3, -0.25) is 4.90 Å². The third-order valence-corrected chi connectivity index (χ3v) is 1.74. The van der Waals surface area contributed by atoms with Crippen LogP contribution in [0.3, 0.4) is 0 Å². The molecule has 0 unspecified atom stereocenters. The molecule has 0 amide bonds. The average Bonchev–Trinajstić information content (AvgIpc) is 1.90. The minimum atomic E-state index is -1.61. The molecule has 0 bridgehead atoms. The van der Waals surface area contributed by atoms with E-state index < -0.39 is 5.91 Å². The van der Waals surface area contributed by atoms with Crippen molar-refractivity contribution in [3.63, 3.8) is 0 Å². The molecule has 0 spiro atoms. The molecule has 4 N–H and O–H groups in total. The lowest BCUT2D eigenvalue weighted by molar-refractivity contribution is -0.262. The van der Waals surface area contributed by atoms with E-state index in [2.05, 4.69) is 0 Å². The maximum absolute atomic E-state index is 9.26. The Balaban J connectivity index is 0. The van der Waals surface area contributed by atoms with Gasteiger partial charge in [0.15, 0.2) is 0 Å². The maximum Gasteiger partial charge on any atom is 0.224 e. The molecule has 70 valence electrons. The quantitative estimate of drug-likeness (QED) is 0.554. The van der Waals surface area contributed by atoms with E-state index in [1.54, 1.807) is 11.8 Å². The van der Waals surface area contributed by atoms with E-state index in [0.29, 0.717) is 19.5 Å². The van der Waals surface area contributed by atoms with Gasteiger partial charge in [-0.1, -0.05) is 20.8 Å². The lowest BCUT2D eigenvalue weighted by atomic mass is 10.3. The minimum absolute atomic E-state index is 0. The van der Waals surface area contributed by atoms with Crippen LogP contribution in [0.4, 0.5) is 0 Å². The first kappa shape index (κ1) is 13.4. The van der Waals surface area contributed by atoms with Crippen molar-refractivity contribution in [1.82, 2.24) is 4.90 Å². The summed E-state index contributed by atoms with van der Waals surface area (Å²) in [6, 6.07) is 0. The Morgan fingerprint density at radius 2 is 1.45 bits per heavy atom. The van der Waals surface area contributed by atoms with E-state index >= 15 is 0 Å². The van der Waals surface area contributed by atoms with Gasteiger partial charge in [0.2, 0.25) is 5.91 Å². The highest BCUT2D eigenvalue weighted by Gasteiger charge is 2.26. The van der Waals surface area contributed by atoms with Crippen LogP contribution in [0.15, 0.2) is 0 Å². The molecule has 0 aliphatic carbocycles. The monoisotopic (exact) mass is 165 g/mol. The molecular formula is C7H19NO3. The molecule has 0 aromatic carbocycles. The summed E-state index contributed by atoms with van der Waals surface area (Å²) in [6.45, 7) is 6.88. The van der Waals surface area contributed by atoms with Gasteiger partial charge in [0, 0.05) is 19.5 Å². The highest BCUT2D eigenvalue weighted by molar-refractivity contribution is 4.62. The van der Waals surface area contributed by atoms with Crippen molar-refractivity contribution in [2.45, 2.75) is 33.1 Å². The zero-order valence-corrected chi connectivity index (χ0v) is 7.46. The van der Waals surface area contributed by atoms with Crippen LogP contribution >= 0.6 is 0 Å². The Morgan fingerprint density at radius 1 is 1.09 bits per heavy atom. The van der Waals surface area contributed by atoms with E-state index in [-0.39, 0.29) is 5.48 Å². The molecule has 0 saturated heterocycles. The molecule has 0 atom stereocenters. The van der Waals surface area contributed by atoms with Gasteiger partial charge in [0.1, 0.15) is 0 Å². The summed E-state index contributed by atoms with van der Waals surface area (Å²) >= 11 is 0. The lowest BCUT2D eigenvalue weighted by Gasteiger charge is -2.32. The van der Waals surface area contributed by atoms with Gasteiger partial charge in [0.05, 0.1) is 0 Å². The number of hydrogen-bond acceptors (Lipinski definition) is 3. The Labute approximate surface area is 67.8 Å². The van der Waals surface area contributed by atoms with Crippen LogP contribution < -0.4 is 0 Å². The van der Waals surface area contributed by atoms with Crippen LogP contribution in [0.2, 0.25) is 0 Å². The Kier molecular flexibility index (Phi) is 6.70. The fourth-order valence-corrected chi connectivity index (χ4v) is 0.954. The smallest absolute Gasteiger partial charge is 0.224 e. The SMILES string of the molecule is CCN(CC)C(O)(O)CC.O. The van der Waals surface area contributed by atoms with Gasteiger partial charge >= 0.3 is 0 Å². The number of aliphatic hydroxyl groups is 2. The summed E-state index contributed by atoms with van der Waals surface area (Å²) in [5.41, 5.74) is 0. The summed E-state index contributed by atoms with van der Waals surface area (Å²) in [4.78, 5) is 1.60. The van der Waals surface area contributed by atoms with E-state index in [1.807, 2.05) is 13.8 Å². The van der Waals surface area contributed by atoms with Gasteiger partial charge in [0.25, 0.3) is 0 Å². The van der Waals surface area contributed by atoms with Crippen molar-refractivity contribution >= 4 is 0 Å². The Hall–Kier alpha value is -0.160. The molecule has 11 heavy (non-hydrogen) atoms. The third kappa shape index (κ3) is 3.67. The van der Waals surface area contributed by atoms with E-state index in [4.69, 9.17) is 0 Å². The van der Waals surface area contributed by atoms with E-state index in [1.165, 1.54) is 0 Å². The van der Waals surface area contributed by atoms with Crippen LogP contribution in [-0.2, 0) is 0 Å². The largest absolute Gasteiger partial charge is 0.412 e. The molecule has 0 saturated carbocycles. The van der Waals surface area contributed by atoms with Crippen LogP contribution in [0, 0.1) is 0 Å². The summed E-state index contributed by atoms with van der Waals surface area (Å²) in [5, 5.41) is 18.5. The molecule has 0 aromatic heterocycles. The summed E-state index contributed by atoms with van der Waals surface area (Å²) < 4.78 is 0. The zero-order chi connectivity index (χ0) is 8.20. The van der Waals surface area contributed by atoms with Crippen molar-refractivity contribution in [3.05, 3.63) is 0 Å². The topological polar surface area (TPSA) is 75.2 Å².